The normalized spacial score (nSPS) is 19.0. The molecule has 0 radical (unpaired) electrons. The van der Waals surface area contributed by atoms with Crippen LogP contribution in [0.3, 0.4) is 0 Å². The van der Waals surface area contributed by atoms with Crippen molar-refractivity contribution in [3.8, 4) is 0 Å². The second kappa shape index (κ2) is 8.70. The Morgan fingerprint density at radius 1 is 1.57 bits per heavy atom. The van der Waals surface area contributed by atoms with E-state index in [1.54, 1.807) is 7.11 Å². The summed E-state index contributed by atoms with van der Waals surface area (Å²) in [4.78, 5) is 16.6. The van der Waals surface area contributed by atoms with Crippen molar-refractivity contribution >= 4 is 17.7 Å². The third-order valence-electron chi connectivity index (χ3n) is 3.99. The minimum Gasteiger partial charge on any atom is -0.383 e. The fraction of sp³-hybridized carbons (Fsp3) is 0.750. The Hall–Kier alpha value is -1.05. The van der Waals surface area contributed by atoms with Gasteiger partial charge in [-0.05, 0) is 33.6 Å². The van der Waals surface area contributed by atoms with E-state index >= 15 is 0 Å². The lowest BCUT2D eigenvalue weighted by molar-refractivity contribution is -0.119. The van der Waals surface area contributed by atoms with Gasteiger partial charge < -0.3 is 19.4 Å². The fourth-order valence-electron chi connectivity index (χ4n) is 2.68. The summed E-state index contributed by atoms with van der Waals surface area (Å²) in [6.45, 7) is 8.19. The van der Waals surface area contributed by atoms with Crippen LogP contribution in [-0.2, 0) is 20.8 Å². The summed E-state index contributed by atoms with van der Waals surface area (Å²) < 4.78 is 12.9. The number of rotatable bonds is 8. The molecule has 2 heterocycles. The lowest BCUT2D eigenvalue weighted by Gasteiger charge is -2.15. The van der Waals surface area contributed by atoms with Crippen LogP contribution in [0.15, 0.2) is 5.16 Å². The molecule has 0 saturated carbocycles. The van der Waals surface area contributed by atoms with Gasteiger partial charge in [-0.25, -0.2) is 4.98 Å². The third kappa shape index (κ3) is 5.22. The maximum absolute atomic E-state index is 12.0. The first-order chi connectivity index (χ1) is 11.0. The number of nitrogens with zero attached hydrogens (tertiary/aromatic N) is 2. The zero-order chi connectivity index (χ0) is 16.8. The van der Waals surface area contributed by atoms with Crippen molar-refractivity contribution < 1.29 is 14.3 Å². The van der Waals surface area contributed by atoms with Crippen molar-refractivity contribution in [2.45, 2.75) is 57.5 Å². The van der Waals surface area contributed by atoms with Crippen LogP contribution < -0.4 is 5.32 Å². The zero-order valence-electron chi connectivity index (χ0n) is 14.4. The van der Waals surface area contributed by atoms with Gasteiger partial charge in [-0.15, -0.1) is 0 Å². The molecule has 7 heteroatoms. The van der Waals surface area contributed by atoms with Crippen LogP contribution >= 0.6 is 11.8 Å². The summed E-state index contributed by atoms with van der Waals surface area (Å²) in [5.41, 5.74) is 2.16. The van der Waals surface area contributed by atoms with Crippen LogP contribution in [0.25, 0.3) is 0 Å². The number of amides is 1. The van der Waals surface area contributed by atoms with E-state index in [-0.39, 0.29) is 18.1 Å². The van der Waals surface area contributed by atoms with E-state index < -0.39 is 0 Å². The highest BCUT2D eigenvalue weighted by atomic mass is 32.2. The maximum atomic E-state index is 12.0. The highest BCUT2D eigenvalue weighted by molar-refractivity contribution is 7.99. The van der Waals surface area contributed by atoms with Crippen LogP contribution in [-0.4, -0.2) is 53.7 Å². The monoisotopic (exact) mass is 341 g/mol. The van der Waals surface area contributed by atoms with E-state index in [4.69, 9.17) is 9.47 Å². The highest BCUT2D eigenvalue weighted by Gasteiger charge is 2.20. The number of imidazole rings is 1. The van der Waals surface area contributed by atoms with E-state index in [1.807, 2.05) is 13.8 Å². The smallest absolute Gasteiger partial charge is 0.230 e. The molecule has 0 spiro atoms. The number of carbonyl (C=O) groups is 1. The molecule has 1 aliphatic rings. The predicted molar refractivity (Wildman–Crippen MR) is 90.9 cm³/mol. The maximum Gasteiger partial charge on any atom is 0.230 e. The molecule has 0 aliphatic carbocycles. The average Bonchev–Trinajstić information content (AvgIpc) is 3.09. The van der Waals surface area contributed by atoms with E-state index in [0.717, 1.165) is 42.5 Å². The summed E-state index contributed by atoms with van der Waals surface area (Å²) in [5.74, 6) is 0.358. The van der Waals surface area contributed by atoms with Gasteiger partial charge in [0.25, 0.3) is 0 Å². The van der Waals surface area contributed by atoms with Crippen LogP contribution in [0.1, 0.15) is 31.2 Å². The van der Waals surface area contributed by atoms with E-state index in [2.05, 4.69) is 21.8 Å². The summed E-state index contributed by atoms with van der Waals surface area (Å²) >= 11 is 1.48. The molecule has 130 valence electrons. The molecule has 1 aromatic heterocycles. The fourth-order valence-corrected chi connectivity index (χ4v) is 3.59. The lowest BCUT2D eigenvalue weighted by atomic mass is 10.2. The summed E-state index contributed by atoms with van der Waals surface area (Å²) in [6, 6.07) is 0.0169. The Morgan fingerprint density at radius 3 is 3.00 bits per heavy atom. The third-order valence-corrected chi connectivity index (χ3v) is 4.97. The van der Waals surface area contributed by atoms with Gasteiger partial charge in [-0.2, -0.15) is 0 Å². The van der Waals surface area contributed by atoms with Crippen molar-refractivity contribution in [1.29, 1.82) is 0 Å². The molecule has 0 unspecified atom stereocenters. The lowest BCUT2D eigenvalue weighted by Crippen LogP contribution is -2.36. The molecule has 1 N–H and O–H groups in total. The van der Waals surface area contributed by atoms with Crippen molar-refractivity contribution in [3.05, 3.63) is 11.4 Å². The first kappa shape index (κ1) is 18.3. The quantitative estimate of drug-likeness (QED) is 0.732. The summed E-state index contributed by atoms with van der Waals surface area (Å²) in [5, 5.41) is 3.81. The summed E-state index contributed by atoms with van der Waals surface area (Å²) in [6.07, 6.45) is 2.48. The van der Waals surface area contributed by atoms with Gasteiger partial charge in [0.1, 0.15) is 0 Å². The van der Waals surface area contributed by atoms with Gasteiger partial charge in [0, 0.05) is 25.5 Å². The Morgan fingerprint density at radius 2 is 2.35 bits per heavy atom. The van der Waals surface area contributed by atoms with Crippen LogP contribution in [0, 0.1) is 13.8 Å². The Kier molecular flexibility index (Phi) is 6.92. The molecule has 1 saturated heterocycles. The molecule has 23 heavy (non-hydrogen) atoms. The molecule has 6 nitrogen and oxygen atoms in total. The predicted octanol–water partition coefficient (Wildman–Crippen LogP) is 1.92. The standard InChI is InChI=1S/C16H27N3O3S/c1-11(9-21-4)17-15(20)10-23-16-18-12(2)13(3)19(16)8-14-6-5-7-22-14/h11,14H,5-10H2,1-4H3,(H,17,20)/t11-,14-/m1/s1. The Bertz CT molecular complexity index is 527. The minimum atomic E-state index is 0.00141. The number of thioether (sulfide) groups is 1. The van der Waals surface area contributed by atoms with Crippen molar-refractivity contribution in [3.63, 3.8) is 0 Å². The number of hydrogen-bond acceptors (Lipinski definition) is 5. The van der Waals surface area contributed by atoms with Gasteiger partial charge in [-0.1, -0.05) is 11.8 Å². The van der Waals surface area contributed by atoms with Gasteiger partial charge in [0.2, 0.25) is 5.91 Å². The molecule has 2 rings (SSSR count). The topological polar surface area (TPSA) is 65.4 Å². The second-order valence-corrected chi connectivity index (χ2v) is 6.97. The molecule has 0 aromatic carbocycles. The van der Waals surface area contributed by atoms with Crippen molar-refractivity contribution in [2.24, 2.45) is 0 Å². The van der Waals surface area contributed by atoms with Crippen LogP contribution in [0.2, 0.25) is 0 Å². The number of carbonyl (C=O) groups excluding carboxylic acids is 1. The Labute approximate surface area is 142 Å². The molecule has 1 fully saturated rings. The molecule has 0 bridgehead atoms. The number of aryl methyl sites for hydroxylation is 1. The number of nitrogens with one attached hydrogen (secondary N) is 1. The Balaban J connectivity index is 1.93. The molecule has 1 aromatic rings. The zero-order valence-corrected chi connectivity index (χ0v) is 15.2. The van der Waals surface area contributed by atoms with Crippen LogP contribution in [0.4, 0.5) is 0 Å². The van der Waals surface area contributed by atoms with Crippen molar-refractivity contribution in [1.82, 2.24) is 14.9 Å². The first-order valence-electron chi connectivity index (χ1n) is 8.07. The second-order valence-electron chi connectivity index (χ2n) is 6.02. The van der Waals surface area contributed by atoms with E-state index in [0.29, 0.717) is 12.4 Å². The van der Waals surface area contributed by atoms with Gasteiger partial charge >= 0.3 is 0 Å². The molecule has 1 amide bonds. The van der Waals surface area contributed by atoms with Crippen LogP contribution in [0.5, 0.6) is 0 Å². The molecule has 1 aliphatic heterocycles. The molecular weight excluding hydrogens is 314 g/mol. The SMILES string of the molecule is COC[C@@H](C)NC(=O)CSc1nc(C)c(C)n1C[C@H]1CCCO1. The largest absolute Gasteiger partial charge is 0.383 e. The minimum absolute atomic E-state index is 0.00141. The first-order valence-corrected chi connectivity index (χ1v) is 9.06. The highest BCUT2D eigenvalue weighted by Crippen LogP contribution is 2.24. The van der Waals surface area contributed by atoms with Gasteiger partial charge in [0.15, 0.2) is 5.16 Å². The van der Waals surface area contributed by atoms with Crippen molar-refractivity contribution in [2.75, 3.05) is 26.1 Å². The summed E-state index contributed by atoms with van der Waals surface area (Å²) in [7, 11) is 1.63. The number of aromatic nitrogens is 2. The molecule has 2 atom stereocenters. The average molecular weight is 341 g/mol. The molecular formula is C16H27N3O3S. The van der Waals surface area contributed by atoms with Gasteiger partial charge in [0.05, 0.1) is 30.7 Å². The van der Waals surface area contributed by atoms with Gasteiger partial charge in [-0.3, -0.25) is 4.79 Å². The van der Waals surface area contributed by atoms with E-state index in [1.165, 1.54) is 11.8 Å². The number of ether oxygens (including phenoxy) is 2. The number of hydrogen-bond donors (Lipinski definition) is 1. The van der Waals surface area contributed by atoms with E-state index in [9.17, 15) is 4.79 Å². The number of methoxy groups -OCH3 is 1.